The number of anilines is 1. The lowest BCUT2D eigenvalue weighted by atomic mass is 10.0. The molecule has 1 aromatic carbocycles. The van der Waals surface area contributed by atoms with Crippen molar-refractivity contribution in [1.82, 2.24) is 10.4 Å². The number of para-hydroxylation sites is 1. The molecule has 2 aliphatic rings. The van der Waals surface area contributed by atoms with Gasteiger partial charge in [-0.2, -0.15) is 0 Å². The maximum atomic E-state index is 12.4. The Bertz CT molecular complexity index is 689. The summed E-state index contributed by atoms with van der Waals surface area (Å²) < 4.78 is 0. The lowest BCUT2D eigenvalue weighted by Crippen LogP contribution is -2.49. The molecule has 0 spiro atoms. The average Bonchev–Trinajstić information content (AvgIpc) is 3.42. The maximum Gasteiger partial charge on any atom is 0.267 e. The standard InChI is InChI=1S/C20H27N3O3/c1-20(10-11-20)9-8-19(25)23-14-12-22(13-15-23)17-5-3-2-4-16(17)6-7-18(24)21-26/h2-7,26H,8-15H2,1H3,(H,21,24)/b7-6+. The number of carbonyl (C=O) groups is 2. The van der Waals surface area contributed by atoms with E-state index in [0.29, 0.717) is 11.8 Å². The molecule has 1 saturated carbocycles. The van der Waals surface area contributed by atoms with E-state index in [0.717, 1.165) is 43.9 Å². The summed E-state index contributed by atoms with van der Waals surface area (Å²) in [5.41, 5.74) is 3.96. The molecule has 0 aromatic heterocycles. The topological polar surface area (TPSA) is 72.9 Å². The highest BCUT2D eigenvalue weighted by atomic mass is 16.5. The van der Waals surface area contributed by atoms with Crippen LogP contribution in [0.4, 0.5) is 5.69 Å². The highest BCUT2D eigenvalue weighted by molar-refractivity contribution is 5.91. The van der Waals surface area contributed by atoms with Crippen LogP contribution >= 0.6 is 0 Å². The summed E-state index contributed by atoms with van der Waals surface area (Å²) in [4.78, 5) is 27.9. The molecule has 1 aliphatic heterocycles. The summed E-state index contributed by atoms with van der Waals surface area (Å²) in [6, 6.07) is 7.83. The molecule has 6 nitrogen and oxygen atoms in total. The van der Waals surface area contributed by atoms with Crippen LogP contribution in [0.25, 0.3) is 6.08 Å². The van der Waals surface area contributed by atoms with Gasteiger partial charge in [-0.05, 0) is 42.4 Å². The first-order valence-corrected chi connectivity index (χ1v) is 9.25. The number of piperazine rings is 1. The van der Waals surface area contributed by atoms with Crippen molar-refractivity contribution in [2.75, 3.05) is 31.1 Å². The zero-order chi connectivity index (χ0) is 18.6. The summed E-state index contributed by atoms with van der Waals surface area (Å²) in [7, 11) is 0. The molecule has 1 heterocycles. The van der Waals surface area contributed by atoms with Gasteiger partial charge < -0.3 is 9.80 Å². The van der Waals surface area contributed by atoms with Crippen LogP contribution < -0.4 is 10.4 Å². The van der Waals surface area contributed by atoms with Crippen LogP contribution in [0.1, 0.15) is 38.2 Å². The van der Waals surface area contributed by atoms with Crippen molar-refractivity contribution < 1.29 is 14.8 Å². The monoisotopic (exact) mass is 357 g/mol. The lowest BCUT2D eigenvalue weighted by molar-refractivity contribution is -0.131. The van der Waals surface area contributed by atoms with Gasteiger partial charge in [-0.3, -0.25) is 14.8 Å². The van der Waals surface area contributed by atoms with Gasteiger partial charge in [0.05, 0.1) is 0 Å². The molecule has 1 aliphatic carbocycles. The van der Waals surface area contributed by atoms with Crippen molar-refractivity contribution >= 4 is 23.6 Å². The number of carbonyl (C=O) groups excluding carboxylic acids is 2. The van der Waals surface area contributed by atoms with E-state index in [1.807, 2.05) is 29.2 Å². The Hall–Kier alpha value is -2.34. The predicted molar refractivity (Wildman–Crippen MR) is 101 cm³/mol. The fraction of sp³-hybridized carbons (Fsp3) is 0.500. The van der Waals surface area contributed by atoms with Gasteiger partial charge in [-0.25, -0.2) is 5.48 Å². The third kappa shape index (κ3) is 4.64. The molecule has 1 saturated heterocycles. The Morgan fingerprint density at radius 3 is 2.54 bits per heavy atom. The normalized spacial score (nSPS) is 18.8. The molecule has 3 rings (SSSR count). The largest absolute Gasteiger partial charge is 0.367 e. The van der Waals surface area contributed by atoms with Gasteiger partial charge in [0, 0.05) is 44.4 Å². The molecule has 140 valence electrons. The molecule has 6 heteroatoms. The lowest BCUT2D eigenvalue weighted by Gasteiger charge is -2.37. The second kappa shape index (κ2) is 7.91. The molecule has 0 radical (unpaired) electrons. The van der Waals surface area contributed by atoms with Crippen molar-refractivity contribution in [2.45, 2.75) is 32.6 Å². The Balaban J connectivity index is 1.57. The molecule has 0 unspecified atom stereocenters. The van der Waals surface area contributed by atoms with Crippen molar-refractivity contribution in [2.24, 2.45) is 5.41 Å². The van der Waals surface area contributed by atoms with Gasteiger partial charge in [0.1, 0.15) is 0 Å². The minimum Gasteiger partial charge on any atom is -0.367 e. The van der Waals surface area contributed by atoms with Crippen molar-refractivity contribution in [3.05, 3.63) is 35.9 Å². The molecule has 0 atom stereocenters. The number of amides is 2. The van der Waals surface area contributed by atoms with Gasteiger partial charge in [0.25, 0.3) is 5.91 Å². The summed E-state index contributed by atoms with van der Waals surface area (Å²) in [5, 5.41) is 8.61. The number of hydrogen-bond donors (Lipinski definition) is 2. The van der Waals surface area contributed by atoms with E-state index in [1.165, 1.54) is 18.9 Å². The number of nitrogens with one attached hydrogen (secondary N) is 1. The Labute approximate surface area is 154 Å². The van der Waals surface area contributed by atoms with E-state index in [9.17, 15) is 9.59 Å². The Morgan fingerprint density at radius 2 is 1.88 bits per heavy atom. The van der Waals surface area contributed by atoms with E-state index in [2.05, 4.69) is 11.8 Å². The smallest absolute Gasteiger partial charge is 0.267 e. The van der Waals surface area contributed by atoms with Crippen LogP contribution in [0.3, 0.4) is 0 Å². The number of nitrogens with zero attached hydrogens (tertiary/aromatic N) is 2. The minimum atomic E-state index is -0.556. The van der Waals surface area contributed by atoms with Crippen LogP contribution in [0.2, 0.25) is 0 Å². The van der Waals surface area contributed by atoms with Crippen LogP contribution in [0.15, 0.2) is 30.3 Å². The van der Waals surface area contributed by atoms with Crippen molar-refractivity contribution in [3.8, 4) is 0 Å². The van der Waals surface area contributed by atoms with Crippen LogP contribution in [-0.4, -0.2) is 48.1 Å². The van der Waals surface area contributed by atoms with E-state index in [4.69, 9.17) is 5.21 Å². The van der Waals surface area contributed by atoms with E-state index >= 15 is 0 Å². The highest BCUT2D eigenvalue weighted by Gasteiger charge is 2.37. The summed E-state index contributed by atoms with van der Waals surface area (Å²) in [6.07, 6.45) is 7.17. The maximum absolute atomic E-state index is 12.4. The van der Waals surface area contributed by atoms with Crippen LogP contribution in [0, 0.1) is 5.41 Å². The highest BCUT2D eigenvalue weighted by Crippen LogP contribution is 2.48. The molecule has 0 bridgehead atoms. The third-order valence-electron chi connectivity index (χ3n) is 5.48. The minimum absolute atomic E-state index is 0.269. The SMILES string of the molecule is CC1(CCC(=O)N2CCN(c3ccccc3/C=C/C(=O)NO)CC2)CC1. The number of hydroxylamine groups is 1. The number of benzene rings is 1. The second-order valence-corrected chi connectivity index (χ2v) is 7.55. The van der Waals surface area contributed by atoms with Gasteiger partial charge in [0.2, 0.25) is 5.91 Å². The first-order valence-electron chi connectivity index (χ1n) is 9.25. The zero-order valence-corrected chi connectivity index (χ0v) is 15.3. The fourth-order valence-electron chi connectivity index (χ4n) is 3.35. The first-order chi connectivity index (χ1) is 12.5. The molecular weight excluding hydrogens is 330 g/mol. The Morgan fingerprint density at radius 1 is 1.19 bits per heavy atom. The van der Waals surface area contributed by atoms with Crippen molar-refractivity contribution in [1.29, 1.82) is 0 Å². The van der Waals surface area contributed by atoms with E-state index < -0.39 is 5.91 Å². The average molecular weight is 357 g/mol. The van der Waals surface area contributed by atoms with E-state index in [-0.39, 0.29) is 5.91 Å². The van der Waals surface area contributed by atoms with Gasteiger partial charge in [-0.1, -0.05) is 25.1 Å². The fourth-order valence-corrected chi connectivity index (χ4v) is 3.35. The molecule has 26 heavy (non-hydrogen) atoms. The van der Waals surface area contributed by atoms with Gasteiger partial charge in [-0.15, -0.1) is 0 Å². The summed E-state index contributed by atoms with van der Waals surface area (Å²) in [5.74, 6) is -0.287. The molecule has 2 fully saturated rings. The molecule has 2 N–H and O–H groups in total. The molecule has 1 aromatic rings. The first kappa shape index (κ1) is 18.5. The zero-order valence-electron chi connectivity index (χ0n) is 15.3. The van der Waals surface area contributed by atoms with E-state index in [1.54, 1.807) is 11.6 Å². The van der Waals surface area contributed by atoms with Gasteiger partial charge in [0.15, 0.2) is 0 Å². The number of hydrogen-bond acceptors (Lipinski definition) is 4. The van der Waals surface area contributed by atoms with Gasteiger partial charge >= 0.3 is 0 Å². The number of rotatable bonds is 6. The van der Waals surface area contributed by atoms with Crippen LogP contribution in [0.5, 0.6) is 0 Å². The third-order valence-corrected chi connectivity index (χ3v) is 5.48. The summed E-state index contributed by atoms with van der Waals surface area (Å²) >= 11 is 0. The predicted octanol–water partition coefficient (Wildman–Crippen LogP) is 2.43. The molecular formula is C20H27N3O3. The quantitative estimate of drug-likeness (QED) is 0.466. The second-order valence-electron chi connectivity index (χ2n) is 7.55. The summed E-state index contributed by atoms with van der Waals surface area (Å²) in [6.45, 7) is 5.27. The Kier molecular flexibility index (Phi) is 5.61. The molecule has 2 amide bonds. The van der Waals surface area contributed by atoms with Crippen molar-refractivity contribution in [3.63, 3.8) is 0 Å². The van der Waals surface area contributed by atoms with Crippen LogP contribution in [-0.2, 0) is 9.59 Å².